The molecular weight excluding hydrogens is 388 g/mol. The van der Waals surface area contributed by atoms with Gasteiger partial charge in [0.2, 0.25) is 10.0 Å². The number of nitrogens with one attached hydrogen (secondary N) is 1. The van der Waals surface area contributed by atoms with E-state index in [1.807, 2.05) is 37.2 Å². The monoisotopic (exact) mass is 412 g/mol. The van der Waals surface area contributed by atoms with Crippen molar-refractivity contribution < 1.29 is 17.9 Å². The second kappa shape index (κ2) is 10.1. The van der Waals surface area contributed by atoms with Crippen LogP contribution in [0.4, 0.5) is 0 Å². The maximum atomic E-state index is 12.6. The highest BCUT2D eigenvalue weighted by atomic mass is 35.5. The molecule has 0 radical (unpaired) electrons. The molecule has 8 heteroatoms. The highest BCUT2D eigenvalue weighted by Crippen LogP contribution is 2.26. The molecule has 6 nitrogen and oxygen atoms in total. The fourth-order valence-corrected chi connectivity index (χ4v) is 3.85. The normalized spacial score (nSPS) is 12.9. The zero-order valence-corrected chi connectivity index (χ0v) is 17.3. The quantitative estimate of drug-likeness (QED) is 0.607. The van der Waals surface area contributed by atoms with E-state index in [-0.39, 0.29) is 17.5 Å². The molecule has 0 aliphatic rings. The van der Waals surface area contributed by atoms with E-state index in [0.29, 0.717) is 24.0 Å². The average Bonchev–Trinajstić information content (AvgIpc) is 2.63. The third-order valence-electron chi connectivity index (χ3n) is 4.04. The second-order valence-electron chi connectivity index (χ2n) is 6.17. The van der Waals surface area contributed by atoms with Gasteiger partial charge >= 0.3 is 0 Å². The first-order valence-electron chi connectivity index (χ1n) is 8.47. The van der Waals surface area contributed by atoms with E-state index in [1.54, 1.807) is 25.3 Å². The van der Waals surface area contributed by atoms with Gasteiger partial charge in [0.05, 0.1) is 11.5 Å². The molecule has 27 heavy (non-hydrogen) atoms. The molecule has 0 aliphatic carbocycles. The molecule has 0 heterocycles. The molecular formula is C19H25ClN2O4S. The van der Waals surface area contributed by atoms with Crippen molar-refractivity contribution in [1.82, 2.24) is 9.62 Å². The second-order valence-corrected chi connectivity index (χ2v) is 8.34. The van der Waals surface area contributed by atoms with Gasteiger partial charge in [0.25, 0.3) is 0 Å². The molecule has 0 saturated carbocycles. The number of sulfonamides is 1. The SMILES string of the molecule is COCCOc1ccc(S(=O)(=O)NCC(c2ccccc2Cl)N(C)C)cc1. The Bertz CT molecular complexity index is 826. The smallest absolute Gasteiger partial charge is 0.240 e. The number of benzene rings is 2. The van der Waals surface area contributed by atoms with Crippen molar-refractivity contribution in [2.75, 3.05) is 41.0 Å². The lowest BCUT2D eigenvalue weighted by Gasteiger charge is -2.26. The number of hydrogen-bond donors (Lipinski definition) is 1. The lowest BCUT2D eigenvalue weighted by atomic mass is 10.1. The molecule has 1 N–H and O–H groups in total. The molecule has 0 aliphatic heterocycles. The number of rotatable bonds is 10. The highest BCUT2D eigenvalue weighted by Gasteiger charge is 2.21. The van der Waals surface area contributed by atoms with Gasteiger partial charge in [-0.25, -0.2) is 13.1 Å². The summed E-state index contributed by atoms with van der Waals surface area (Å²) in [6.07, 6.45) is 0. The maximum Gasteiger partial charge on any atom is 0.240 e. The van der Waals surface area contributed by atoms with Crippen molar-refractivity contribution in [3.05, 3.63) is 59.1 Å². The van der Waals surface area contributed by atoms with Gasteiger partial charge in [-0.1, -0.05) is 29.8 Å². The lowest BCUT2D eigenvalue weighted by Crippen LogP contribution is -2.34. The molecule has 2 aromatic carbocycles. The first kappa shape index (κ1) is 21.7. The minimum absolute atomic E-state index is 0.179. The van der Waals surface area contributed by atoms with E-state index in [9.17, 15) is 8.42 Å². The summed E-state index contributed by atoms with van der Waals surface area (Å²) < 4.78 is 38.3. The third kappa shape index (κ3) is 6.19. The summed E-state index contributed by atoms with van der Waals surface area (Å²) in [6.45, 7) is 1.07. The summed E-state index contributed by atoms with van der Waals surface area (Å²) in [5.41, 5.74) is 0.869. The number of nitrogens with zero attached hydrogens (tertiary/aromatic N) is 1. The number of hydrogen-bond acceptors (Lipinski definition) is 5. The van der Waals surface area contributed by atoms with Gasteiger partial charge in [0.1, 0.15) is 12.4 Å². The minimum Gasteiger partial charge on any atom is -0.491 e. The summed E-state index contributed by atoms with van der Waals surface area (Å²) in [5.74, 6) is 0.591. The number of methoxy groups -OCH3 is 1. The molecule has 0 saturated heterocycles. The van der Waals surface area contributed by atoms with Gasteiger partial charge in [-0.15, -0.1) is 0 Å². The lowest BCUT2D eigenvalue weighted by molar-refractivity contribution is 0.146. The van der Waals surface area contributed by atoms with Gasteiger partial charge in [-0.05, 0) is 50.0 Å². The summed E-state index contributed by atoms with van der Waals surface area (Å²) in [5, 5.41) is 0.605. The Morgan fingerprint density at radius 2 is 1.74 bits per heavy atom. The van der Waals surface area contributed by atoms with Crippen LogP contribution in [0.5, 0.6) is 5.75 Å². The van der Waals surface area contributed by atoms with Gasteiger partial charge in [0, 0.05) is 24.7 Å². The predicted molar refractivity (Wildman–Crippen MR) is 107 cm³/mol. The Hall–Kier alpha value is -1.64. The fourth-order valence-electron chi connectivity index (χ4n) is 2.55. The van der Waals surface area contributed by atoms with Gasteiger partial charge < -0.3 is 14.4 Å². The van der Waals surface area contributed by atoms with Gasteiger partial charge in [0.15, 0.2) is 0 Å². The van der Waals surface area contributed by atoms with Crippen molar-refractivity contribution in [3.8, 4) is 5.75 Å². The largest absolute Gasteiger partial charge is 0.491 e. The van der Waals surface area contributed by atoms with E-state index < -0.39 is 10.0 Å². The number of halogens is 1. The summed E-state index contributed by atoms with van der Waals surface area (Å²) in [6, 6.07) is 13.5. The van der Waals surface area contributed by atoms with Crippen molar-refractivity contribution in [1.29, 1.82) is 0 Å². The van der Waals surface area contributed by atoms with E-state index >= 15 is 0 Å². The zero-order valence-electron chi connectivity index (χ0n) is 15.7. The molecule has 0 spiro atoms. The number of ether oxygens (including phenoxy) is 2. The summed E-state index contributed by atoms with van der Waals surface area (Å²) in [4.78, 5) is 2.11. The molecule has 2 rings (SSSR count). The average molecular weight is 413 g/mol. The van der Waals surface area contributed by atoms with Crippen LogP contribution >= 0.6 is 11.6 Å². The van der Waals surface area contributed by atoms with Crippen molar-refractivity contribution in [3.63, 3.8) is 0 Å². The van der Waals surface area contributed by atoms with Gasteiger partial charge in [-0.2, -0.15) is 0 Å². The first-order valence-corrected chi connectivity index (χ1v) is 10.3. The minimum atomic E-state index is -3.65. The van der Waals surface area contributed by atoms with E-state index in [2.05, 4.69) is 4.72 Å². The molecule has 0 fully saturated rings. The van der Waals surface area contributed by atoms with Crippen LogP contribution in [0.25, 0.3) is 0 Å². The standard InChI is InChI=1S/C19H25ClN2O4S/c1-22(2)19(17-6-4-5-7-18(17)20)14-21-27(23,24)16-10-8-15(9-11-16)26-13-12-25-3/h4-11,19,21H,12-14H2,1-3H3. The Morgan fingerprint density at radius 1 is 1.07 bits per heavy atom. The maximum absolute atomic E-state index is 12.6. The Balaban J connectivity index is 2.07. The van der Waals surface area contributed by atoms with Crippen molar-refractivity contribution in [2.24, 2.45) is 0 Å². The molecule has 0 aromatic heterocycles. The van der Waals surface area contributed by atoms with Crippen molar-refractivity contribution in [2.45, 2.75) is 10.9 Å². The van der Waals surface area contributed by atoms with Crippen LogP contribution in [0.15, 0.2) is 53.4 Å². The number of likely N-dealkylation sites (N-methyl/N-ethyl adjacent to an activating group) is 1. The summed E-state index contributed by atoms with van der Waals surface area (Å²) in [7, 11) is 1.71. The molecule has 1 unspecified atom stereocenters. The van der Waals surface area contributed by atoms with Crippen LogP contribution in [-0.2, 0) is 14.8 Å². The fraction of sp³-hybridized carbons (Fsp3) is 0.368. The summed E-state index contributed by atoms with van der Waals surface area (Å²) >= 11 is 6.27. The zero-order chi connectivity index (χ0) is 19.9. The van der Waals surface area contributed by atoms with Crippen LogP contribution in [0.2, 0.25) is 5.02 Å². The van der Waals surface area contributed by atoms with Crippen LogP contribution in [0.3, 0.4) is 0 Å². The van der Waals surface area contributed by atoms with Crippen molar-refractivity contribution >= 4 is 21.6 Å². The van der Waals surface area contributed by atoms with Gasteiger partial charge in [-0.3, -0.25) is 0 Å². The van der Waals surface area contributed by atoms with Crippen LogP contribution in [0, 0.1) is 0 Å². The Kier molecular flexibility index (Phi) is 8.07. The van der Waals surface area contributed by atoms with E-state index in [0.717, 1.165) is 5.56 Å². The van der Waals surface area contributed by atoms with Crippen LogP contribution in [-0.4, -0.2) is 54.3 Å². The van der Waals surface area contributed by atoms with Crippen LogP contribution in [0.1, 0.15) is 11.6 Å². The third-order valence-corrected chi connectivity index (χ3v) is 5.83. The Labute approximate surface area is 166 Å². The first-order chi connectivity index (χ1) is 12.8. The molecule has 0 amide bonds. The van der Waals surface area contributed by atoms with E-state index in [4.69, 9.17) is 21.1 Å². The molecule has 148 valence electrons. The highest BCUT2D eigenvalue weighted by molar-refractivity contribution is 7.89. The Morgan fingerprint density at radius 3 is 2.33 bits per heavy atom. The van der Waals surface area contributed by atoms with E-state index in [1.165, 1.54) is 12.1 Å². The predicted octanol–water partition coefficient (Wildman–Crippen LogP) is 2.95. The molecule has 0 bridgehead atoms. The molecule has 2 aromatic rings. The topological polar surface area (TPSA) is 67.9 Å². The molecule has 1 atom stereocenters. The van der Waals surface area contributed by atoms with Crippen LogP contribution < -0.4 is 9.46 Å².